The van der Waals surface area contributed by atoms with Gasteiger partial charge in [0.05, 0.1) is 29.6 Å². The smallest absolute Gasteiger partial charge is 0.446 e. The molecule has 0 heterocycles. The van der Waals surface area contributed by atoms with E-state index >= 15 is 0 Å². The van der Waals surface area contributed by atoms with E-state index in [0.29, 0.717) is 32.1 Å². The summed E-state index contributed by atoms with van der Waals surface area (Å²) in [5.74, 6) is -4.37. The maximum absolute atomic E-state index is 14.9. The van der Waals surface area contributed by atoms with E-state index in [1.807, 2.05) is 12.2 Å². The van der Waals surface area contributed by atoms with Crippen molar-refractivity contribution in [3.63, 3.8) is 0 Å². The number of methoxy groups -OCH3 is 1. The molecule has 3 aliphatic carbocycles. The van der Waals surface area contributed by atoms with Gasteiger partial charge in [0.25, 0.3) is 5.91 Å². The zero-order chi connectivity index (χ0) is 30.9. The highest BCUT2D eigenvalue weighted by Gasteiger charge is 2.49. The van der Waals surface area contributed by atoms with Gasteiger partial charge in [0.15, 0.2) is 11.6 Å². The van der Waals surface area contributed by atoms with Crippen LogP contribution in [0.4, 0.5) is 27.6 Å². The molecule has 2 saturated carbocycles. The Morgan fingerprint density at radius 1 is 0.977 bits per heavy atom. The van der Waals surface area contributed by atoms with Gasteiger partial charge in [-0.1, -0.05) is 12.2 Å². The van der Waals surface area contributed by atoms with Crippen LogP contribution in [0.2, 0.25) is 0 Å². The zero-order valence-corrected chi connectivity index (χ0v) is 23.8. The minimum atomic E-state index is -4.71. The topological polar surface area (TPSA) is 93.7 Å². The van der Waals surface area contributed by atoms with Gasteiger partial charge in [-0.25, -0.2) is 8.78 Å². The first-order chi connectivity index (χ1) is 20.5. The molecular formula is C30H29F5N2O5S. The van der Waals surface area contributed by atoms with Crippen molar-refractivity contribution in [3.05, 3.63) is 59.7 Å². The maximum Gasteiger partial charge on any atom is 0.446 e. The summed E-state index contributed by atoms with van der Waals surface area (Å²) in [6, 6.07) is 4.56. The van der Waals surface area contributed by atoms with Crippen LogP contribution in [0, 0.1) is 35.3 Å². The largest absolute Gasteiger partial charge is 0.496 e. The number of thioether (sulfide) groups is 1. The number of carbonyl (C=O) groups is 3. The quantitative estimate of drug-likeness (QED) is 0.148. The summed E-state index contributed by atoms with van der Waals surface area (Å²) in [6.45, 7) is 0. The number of amides is 2. The Kier molecular flexibility index (Phi) is 9.00. The van der Waals surface area contributed by atoms with E-state index in [4.69, 9.17) is 9.47 Å². The fourth-order valence-electron chi connectivity index (χ4n) is 6.11. The lowest BCUT2D eigenvalue weighted by Crippen LogP contribution is -2.47. The van der Waals surface area contributed by atoms with Crippen LogP contribution in [0.25, 0.3) is 0 Å². The number of rotatable bonds is 9. The molecule has 4 atom stereocenters. The molecule has 3 aliphatic rings. The Morgan fingerprint density at radius 3 is 2.37 bits per heavy atom. The third-order valence-electron chi connectivity index (χ3n) is 8.19. The van der Waals surface area contributed by atoms with Gasteiger partial charge in [0.2, 0.25) is 5.91 Å². The highest BCUT2D eigenvalue weighted by atomic mass is 32.2. The number of hydrogen-bond donors (Lipinski definition) is 2. The summed E-state index contributed by atoms with van der Waals surface area (Å²) in [5, 5.41) is 5.44. The van der Waals surface area contributed by atoms with E-state index < -0.39 is 57.6 Å². The van der Waals surface area contributed by atoms with Crippen LogP contribution < -0.4 is 20.1 Å². The highest BCUT2D eigenvalue weighted by molar-refractivity contribution is 8.00. The third-order valence-corrected chi connectivity index (χ3v) is 8.95. The van der Waals surface area contributed by atoms with Crippen molar-refractivity contribution >= 4 is 35.5 Å². The molecule has 7 nitrogen and oxygen atoms in total. The molecule has 2 bridgehead atoms. The molecule has 5 rings (SSSR count). The number of anilines is 1. The minimum absolute atomic E-state index is 0.00117. The first-order valence-electron chi connectivity index (χ1n) is 13.8. The van der Waals surface area contributed by atoms with Crippen molar-refractivity contribution < 1.29 is 45.8 Å². The number of nitrogens with one attached hydrogen (secondary N) is 2. The van der Waals surface area contributed by atoms with Crippen molar-refractivity contribution in [3.8, 4) is 11.5 Å². The molecule has 43 heavy (non-hydrogen) atoms. The molecule has 2 N–H and O–H groups in total. The van der Waals surface area contributed by atoms with E-state index in [2.05, 4.69) is 10.6 Å². The van der Waals surface area contributed by atoms with Gasteiger partial charge in [-0.3, -0.25) is 9.59 Å². The van der Waals surface area contributed by atoms with Gasteiger partial charge in [-0.05, 0) is 80.0 Å². The van der Waals surface area contributed by atoms with Crippen molar-refractivity contribution in [2.24, 2.45) is 23.7 Å². The zero-order valence-electron chi connectivity index (χ0n) is 23.0. The highest BCUT2D eigenvalue weighted by Crippen LogP contribution is 2.45. The lowest BCUT2D eigenvalue weighted by atomic mass is 9.87. The fraction of sp³-hybridized carbons (Fsp3) is 0.433. The molecule has 4 unspecified atom stereocenters. The van der Waals surface area contributed by atoms with Crippen LogP contribution in [0.1, 0.15) is 42.5 Å². The van der Waals surface area contributed by atoms with E-state index in [-0.39, 0.29) is 46.6 Å². The van der Waals surface area contributed by atoms with Crippen LogP contribution in [0.5, 0.6) is 11.5 Å². The lowest BCUT2D eigenvalue weighted by molar-refractivity contribution is -0.121. The van der Waals surface area contributed by atoms with Crippen LogP contribution in [-0.2, 0) is 9.59 Å². The molecule has 2 fully saturated rings. The van der Waals surface area contributed by atoms with Gasteiger partial charge in [0, 0.05) is 23.7 Å². The molecule has 0 saturated heterocycles. The van der Waals surface area contributed by atoms with Gasteiger partial charge in [0.1, 0.15) is 17.9 Å². The Labute approximate surface area is 248 Å². The van der Waals surface area contributed by atoms with Crippen LogP contribution in [-0.4, -0.2) is 42.9 Å². The van der Waals surface area contributed by atoms with Crippen molar-refractivity contribution in [1.82, 2.24) is 5.32 Å². The molecule has 0 aromatic heterocycles. The number of alkyl halides is 3. The first-order valence-corrected chi connectivity index (χ1v) is 14.6. The summed E-state index contributed by atoms with van der Waals surface area (Å²) < 4.78 is 78.5. The summed E-state index contributed by atoms with van der Waals surface area (Å²) in [5.41, 5.74) is -4.73. The molecule has 13 heteroatoms. The molecule has 2 aromatic carbocycles. The molecule has 0 radical (unpaired) electrons. The second-order valence-electron chi connectivity index (χ2n) is 10.9. The van der Waals surface area contributed by atoms with E-state index in [1.54, 1.807) is 0 Å². The number of ether oxygens (including phenoxy) is 2. The number of carbonyl (C=O) groups excluding carboxylic acids is 3. The van der Waals surface area contributed by atoms with Gasteiger partial charge >= 0.3 is 5.51 Å². The Morgan fingerprint density at radius 2 is 1.70 bits per heavy atom. The number of benzene rings is 2. The monoisotopic (exact) mass is 624 g/mol. The minimum Gasteiger partial charge on any atom is -0.496 e. The summed E-state index contributed by atoms with van der Waals surface area (Å²) in [6.07, 6.45) is 7.29. The average Bonchev–Trinajstić information content (AvgIpc) is 3.57. The predicted octanol–water partition coefficient (Wildman–Crippen LogP) is 6.28. The number of hydrogen-bond acceptors (Lipinski definition) is 6. The Bertz CT molecular complexity index is 1430. The lowest BCUT2D eigenvalue weighted by Gasteiger charge is -2.29. The molecule has 2 aromatic rings. The number of allylic oxidation sites excluding steroid dienone is 1. The Hall–Kier alpha value is -3.61. The van der Waals surface area contributed by atoms with Crippen LogP contribution in [0.15, 0.2) is 47.4 Å². The summed E-state index contributed by atoms with van der Waals surface area (Å²) in [7, 11) is 1.29. The van der Waals surface area contributed by atoms with Gasteiger partial charge in [-0.2, -0.15) is 13.2 Å². The van der Waals surface area contributed by atoms with Gasteiger partial charge < -0.3 is 24.9 Å². The average molecular weight is 625 g/mol. The Balaban J connectivity index is 1.32. The second-order valence-corrected chi connectivity index (χ2v) is 12.0. The normalized spacial score (nSPS) is 26.2. The maximum atomic E-state index is 14.9. The number of halogens is 5. The third kappa shape index (κ3) is 6.97. The molecule has 230 valence electrons. The summed E-state index contributed by atoms with van der Waals surface area (Å²) in [4.78, 5) is 37.3. The molecule has 0 aliphatic heterocycles. The van der Waals surface area contributed by atoms with E-state index in [0.717, 1.165) is 24.5 Å². The standard InChI is InChI=1S/C30H29F5N2O5S/c1-41-23-13-22(32)24(42-19-7-2-15(14-38)3-8-19)12-20(23)28(39)37-27-17-5-4-16(10-17)26(27)29(40)36-18-6-9-21(31)25(11-18)43-30(33,34)35/h4-6,9,11-17,19,26-27H,2-3,7-8,10H2,1H3,(H,36,40)(H,37,39). The first kappa shape index (κ1) is 30.8. The number of fused-ring (bicyclic) bond motifs is 2. The summed E-state index contributed by atoms with van der Waals surface area (Å²) >= 11 is -0.620. The van der Waals surface area contributed by atoms with E-state index in [1.165, 1.54) is 19.2 Å². The van der Waals surface area contributed by atoms with Gasteiger partial charge in [-0.15, -0.1) is 0 Å². The SMILES string of the molecule is COc1cc(F)c(OC2CCC(C=O)CC2)cc1C(=O)NC1C2C=CC(C2)C1C(=O)Nc1ccc(F)c(SC(F)(F)F)c1. The molecular weight excluding hydrogens is 595 g/mol. The predicted molar refractivity (Wildman–Crippen MR) is 148 cm³/mol. The van der Waals surface area contributed by atoms with Crippen molar-refractivity contribution in [2.75, 3.05) is 12.4 Å². The van der Waals surface area contributed by atoms with E-state index in [9.17, 15) is 36.3 Å². The number of aldehydes is 1. The fourth-order valence-corrected chi connectivity index (χ4v) is 6.71. The molecule has 0 spiro atoms. The molecule has 2 amide bonds. The van der Waals surface area contributed by atoms with Crippen LogP contribution >= 0.6 is 11.8 Å². The van der Waals surface area contributed by atoms with Crippen molar-refractivity contribution in [1.29, 1.82) is 0 Å². The van der Waals surface area contributed by atoms with Crippen LogP contribution in [0.3, 0.4) is 0 Å². The van der Waals surface area contributed by atoms with Crippen molar-refractivity contribution in [2.45, 2.75) is 54.7 Å². The second kappa shape index (κ2) is 12.6.